The fourth-order valence-corrected chi connectivity index (χ4v) is 3.11. The number of rotatable bonds is 10. The first-order valence-electron chi connectivity index (χ1n) is 11.3. The normalized spacial score (nSPS) is 14.1. The van der Waals surface area contributed by atoms with Crippen LogP contribution in [0.2, 0.25) is 0 Å². The summed E-state index contributed by atoms with van der Waals surface area (Å²) < 4.78 is 173. The van der Waals surface area contributed by atoms with Gasteiger partial charge in [-0.05, 0) is 24.3 Å². The van der Waals surface area contributed by atoms with E-state index in [9.17, 15) is 62.9 Å². The SMILES string of the molecule is Nc1cc(Oc2ccc(Oc3cc(N)c(O)c(OC(F)(F)C(F)C(F)(F)F)c3)cc2)cc(OC(F)(F)C(F)C(F)(F)F)c1O. The molecular formula is C24H16F12N2O6. The molecule has 0 fully saturated rings. The van der Waals surface area contributed by atoms with E-state index >= 15 is 0 Å². The summed E-state index contributed by atoms with van der Waals surface area (Å²) in [5, 5.41) is 19.6. The molecule has 3 aromatic rings. The zero-order chi connectivity index (χ0) is 33.4. The highest BCUT2D eigenvalue weighted by Crippen LogP contribution is 2.45. The number of benzene rings is 3. The number of anilines is 2. The van der Waals surface area contributed by atoms with Gasteiger partial charge in [-0.1, -0.05) is 0 Å². The zero-order valence-electron chi connectivity index (χ0n) is 21.0. The minimum Gasteiger partial charge on any atom is -0.503 e. The Morgan fingerprint density at radius 3 is 1.09 bits per heavy atom. The summed E-state index contributed by atoms with van der Waals surface area (Å²) in [5.74, 6) is -6.58. The Balaban J connectivity index is 1.79. The van der Waals surface area contributed by atoms with Crippen LogP contribution in [0.4, 0.5) is 64.1 Å². The van der Waals surface area contributed by atoms with Crippen LogP contribution in [-0.4, -0.2) is 47.1 Å². The zero-order valence-corrected chi connectivity index (χ0v) is 21.0. The van der Waals surface area contributed by atoms with Crippen LogP contribution < -0.4 is 30.4 Å². The largest absolute Gasteiger partial charge is 0.503 e. The Bertz CT molecular complexity index is 1370. The van der Waals surface area contributed by atoms with Crippen LogP contribution in [-0.2, 0) is 0 Å². The molecule has 0 aliphatic carbocycles. The first-order valence-corrected chi connectivity index (χ1v) is 11.3. The molecule has 0 heterocycles. The lowest BCUT2D eigenvalue weighted by Crippen LogP contribution is -2.45. The number of hydrogen-bond donors (Lipinski definition) is 4. The fourth-order valence-electron chi connectivity index (χ4n) is 3.11. The Kier molecular flexibility index (Phi) is 8.98. The monoisotopic (exact) mass is 656 g/mol. The van der Waals surface area contributed by atoms with E-state index in [0.717, 1.165) is 36.4 Å². The summed E-state index contributed by atoms with van der Waals surface area (Å²) in [6, 6.07) is 6.98. The molecule has 0 amide bonds. The number of nitrogen functional groups attached to an aromatic ring is 2. The van der Waals surface area contributed by atoms with Crippen LogP contribution >= 0.6 is 0 Å². The van der Waals surface area contributed by atoms with Crippen molar-refractivity contribution in [1.82, 2.24) is 0 Å². The van der Waals surface area contributed by atoms with Crippen LogP contribution in [0.15, 0.2) is 48.5 Å². The predicted molar refractivity (Wildman–Crippen MR) is 125 cm³/mol. The maximum Gasteiger partial charge on any atom is 0.439 e. The van der Waals surface area contributed by atoms with Gasteiger partial charge in [-0.15, -0.1) is 0 Å². The van der Waals surface area contributed by atoms with Crippen LogP contribution in [0, 0.1) is 0 Å². The number of aromatic hydroxyl groups is 2. The van der Waals surface area contributed by atoms with E-state index in [1.165, 1.54) is 0 Å². The summed E-state index contributed by atoms with van der Waals surface area (Å²) in [4.78, 5) is 0. The number of nitrogens with two attached hydrogens (primary N) is 2. The van der Waals surface area contributed by atoms with Gasteiger partial charge in [0.2, 0.25) is 0 Å². The smallest absolute Gasteiger partial charge is 0.439 e. The lowest BCUT2D eigenvalue weighted by atomic mass is 10.2. The standard InChI is InChI=1S/C24H16F12N2O6/c25-19(21(27,28)29)23(33,34)43-15-7-11(5-13(37)17(15)39)41-9-1-2-10(4-3-9)42-12-6-14(38)18(40)16(8-12)44-24(35,36)20(26)22(30,31)32/h1-8,19-20,39-40H,37-38H2. The highest BCUT2D eigenvalue weighted by molar-refractivity contribution is 5.64. The molecule has 0 aromatic heterocycles. The van der Waals surface area contributed by atoms with Gasteiger partial charge < -0.3 is 40.6 Å². The van der Waals surface area contributed by atoms with Crippen molar-refractivity contribution in [3.63, 3.8) is 0 Å². The van der Waals surface area contributed by atoms with Gasteiger partial charge in [0, 0.05) is 24.3 Å². The quantitative estimate of drug-likeness (QED) is 0.0999. The third kappa shape index (κ3) is 7.78. The first kappa shape index (κ1) is 33.7. The molecule has 2 unspecified atom stereocenters. The molecule has 0 radical (unpaired) electrons. The van der Waals surface area contributed by atoms with Gasteiger partial charge in [0.05, 0.1) is 11.4 Å². The molecule has 3 aromatic carbocycles. The second-order valence-electron chi connectivity index (χ2n) is 8.53. The van der Waals surface area contributed by atoms with E-state index < -0.39 is 82.8 Å². The van der Waals surface area contributed by atoms with Gasteiger partial charge in [-0.25, -0.2) is 8.78 Å². The van der Waals surface area contributed by atoms with Gasteiger partial charge in [0.15, 0.2) is 23.0 Å². The molecule has 6 N–H and O–H groups in total. The Morgan fingerprint density at radius 1 is 0.523 bits per heavy atom. The van der Waals surface area contributed by atoms with E-state index in [4.69, 9.17) is 20.9 Å². The number of alkyl halides is 12. The summed E-state index contributed by atoms with van der Waals surface area (Å²) in [6.45, 7) is 0. The average molecular weight is 656 g/mol. The van der Waals surface area contributed by atoms with Crippen molar-refractivity contribution in [2.45, 2.75) is 36.9 Å². The summed E-state index contributed by atoms with van der Waals surface area (Å²) >= 11 is 0. The van der Waals surface area contributed by atoms with Crippen molar-refractivity contribution >= 4 is 11.4 Å². The van der Waals surface area contributed by atoms with Gasteiger partial charge >= 0.3 is 24.6 Å². The molecular weight excluding hydrogens is 640 g/mol. The van der Waals surface area contributed by atoms with Gasteiger partial charge in [-0.2, -0.15) is 43.9 Å². The second kappa shape index (κ2) is 11.7. The number of halogens is 12. The van der Waals surface area contributed by atoms with Crippen LogP contribution in [0.3, 0.4) is 0 Å². The summed E-state index contributed by atoms with van der Waals surface area (Å²) in [5.41, 5.74) is 9.40. The summed E-state index contributed by atoms with van der Waals surface area (Å²) in [7, 11) is 0. The molecule has 20 heteroatoms. The maximum atomic E-state index is 13.7. The topological polar surface area (TPSA) is 129 Å². The van der Waals surface area contributed by atoms with Crippen molar-refractivity contribution in [3.8, 4) is 46.0 Å². The predicted octanol–water partition coefficient (Wildman–Crippen LogP) is 7.59. The van der Waals surface area contributed by atoms with E-state index in [1.54, 1.807) is 0 Å². The third-order valence-corrected chi connectivity index (χ3v) is 5.11. The van der Waals surface area contributed by atoms with Gasteiger partial charge in [0.25, 0.3) is 12.3 Å². The lowest BCUT2D eigenvalue weighted by molar-refractivity contribution is -0.306. The van der Waals surface area contributed by atoms with Crippen molar-refractivity contribution in [1.29, 1.82) is 0 Å². The van der Waals surface area contributed by atoms with E-state index in [-0.39, 0.29) is 11.5 Å². The molecule has 0 bridgehead atoms. The summed E-state index contributed by atoms with van der Waals surface area (Å²) in [6.07, 6.45) is -32.5. The van der Waals surface area contributed by atoms with Crippen molar-refractivity contribution in [2.24, 2.45) is 0 Å². The maximum absolute atomic E-state index is 13.7. The molecule has 0 aliphatic heterocycles. The Labute approximate surface area is 236 Å². The van der Waals surface area contributed by atoms with E-state index in [2.05, 4.69) is 9.47 Å². The molecule has 0 saturated carbocycles. The van der Waals surface area contributed by atoms with Crippen molar-refractivity contribution < 1.29 is 81.8 Å². The Hall–Kier alpha value is -4.78. The van der Waals surface area contributed by atoms with Gasteiger partial charge in [-0.3, -0.25) is 0 Å². The van der Waals surface area contributed by atoms with Crippen molar-refractivity contribution in [2.75, 3.05) is 11.5 Å². The molecule has 8 nitrogen and oxygen atoms in total. The molecule has 0 saturated heterocycles. The minimum absolute atomic E-state index is 0.158. The number of phenolic OH excluding ortho intramolecular Hbond substituents is 2. The molecule has 2 atom stereocenters. The number of hydrogen-bond acceptors (Lipinski definition) is 8. The van der Waals surface area contributed by atoms with E-state index in [0.29, 0.717) is 12.1 Å². The molecule has 0 aliphatic rings. The van der Waals surface area contributed by atoms with Crippen LogP contribution in [0.5, 0.6) is 46.0 Å². The number of phenols is 2. The third-order valence-electron chi connectivity index (χ3n) is 5.11. The minimum atomic E-state index is -6.02. The van der Waals surface area contributed by atoms with Crippen LogP contribution in [0.1, 0.15) is 0 Å². The van der Waals surface area contributed by atoms with Gasteiger partial charge in [0.1, 0.15) is 23.0 Å². The van der Waals surface area contributed by atoms with E-state index in [1.807, 2.05) is 0 Å². The average Bonchev–Trinajstić information content (AvgIpc) is 2.88. The molecule has 0 spiro atoms. The number of ether oxygens (including phenoxy) is 4. The highest BCUT2D eigenvalue weighted by Gasteiger charge is 2.60. The molecule has 3 rings (SSSR count). The fraction of sp³-hybridized carbons (Fsp3) is 0.250. The van der Waals surface area contributed by atoms with Crippen molar-refractivity contribution in [3.05, 3.63) is 48.5 Å². The molecule has 242 valence electrons. The lowest BCUT2D eigenvalue weighted by Gasteiger charge is -2.24. The van der Waals surface area contributed by atoms with Crippen LogP contribution in [0.25, 0.3) is 0 Å². The second-order valence-corrected chi connectivity index (χ2v) is 8.53. The molecule has 44 heavy (non-hydrogen) atoms. The highest BCUT2D eigenvalue weighted by atomic mass is 19.4. The first-order chi connectivity index (χ1) is 20.0. The Morgan fingerprint density at radius 2 is 0.818 bits per heavy atom.